The molecule has 2 atom stereocenters. The lowest BCUT2D eigenvalue weighted by molar-refractivity contribution is 0.0231. The summed E-state index contributed by atoms with van der Waals surface area (Å²) in [5.41, 5.74) is 4.40. The molecular weight excluding hydrogens is 246 g/mol. The predicted octanol–water partition coefficient (Wildman–Crippen LogP) is 3.78. The van der Waals surface area contributed by atoms with Crippen molar-refractivity contribution in [3.63, 3.8) is 0 Å². The van der Waals surface area contributed by atoms with Crippen molar-refractivity contribution >= 4 is 0 Å². The van der Waals surface area contributed by atoms with Gasteiger partial charge in [-0.1, -0.05) is 42.8 Å². The molecular formula is C18H25NO. The Morgan fingerprint density at radius 3 is 2.95 bits per heavy atom. The third-order valence-corrected chi connectivity index (χ3v) is 4.48. The first-order valence-corrected chi connectivity index (χ1v) is 8.02. The van der Waals surface area contributed by atoms with Gasteiger partial charge in [0.2, 0.25) is 0 Å². The van der Waals surface area contributed by atoms with Crippen LogP contribution in [0.4, 0.5) is 0 Å². The van der Waals surface area contributed by atoms with Crippen LogP contribution in [0.3, 0.4) is 0 Å². The summed E-state index contributed by atoms with van der Waals surface area (Å²) in [5, 5.41) is 3.67. The van der Waals surface area contributed by atoms with Crippen molar-refractivity contribution in [1.82, 2.24) is 5.32 Å². The summed E-state index contributed by atoms with van der Waals surface area (Å²) >= 11 is 0. The van der Waals surface area contributed by atoms with E-state index < -0.39 is 0 Å². The number of fused-ring (bicyclic) bond motifs is 1. The fraction of sp³-hybridized carbons (Fsp3) is 0.556. The van der Waals surface area contributed by atoms with Crippen molar-refractivity contribution < 1.29 is 4.74 Å². The molecule has 0 saturated heterocycles. The smallest absolute Gasteiger partial charge is 0.102 e. The fourth-order valence-electron chi connectivity index (χ4n) is 3.50. The van der Waals surface area contributed by atoms with Crippen LogP contribution in [0.5, 0.6) is 0 Å². The first-order valence-electron chi connectivity index (χ1n) is 8.02. The maximum absolute atomic E-state index is 6.17. The molecule has 0 aromatic heterocycles. The molecule has 1 aliphatic heterocycles. The van der Waals surface area contributed by atoms with E-state index >= 15 is 0 Å². The Bertz CT molecular complexity index is 480. The second kappa shape index (κ2) is 6.55. The fourth-order valence-corrected chi connectivity index (χ4v) is 3.50. The number of hydrogen-bond acceptors (Lipinski definition) is 2. The Hall–Kier alpha value is -1.12. The van der Waals surface area contributed by atoms with Crippen molar-refractivity contribution in [3.05, 3.63) is 47.0 Å². The van der Waals surface area contributed by atoms with E-state index in [-0.39, 0.29) is 6.10 Å². The van der Waals surface area contributed by atoms with Crippen molar-refractivity contribution in [2.45, 2.75) is 51.2 Å². The van der Waals surface area contributed by atoms with Crippen LogP contribution in [-0.2, 0) is 11.2 Å². The Balaban J connectivity index is 1.90. The highest BCUT2D eigenvalue weighted by Crippen LogP contribution is 2.35. The number of likely N-dealkylation sites (N-methyl/N-ethyl adjacent to an activating group) is 1. The van der Waals surface area contributed by atoms with Gasteiger partial charge in [-0.3, -0.25) is 0 Å². The van der Waals surface area contributed by atoms with Crippen LogP contribution in [0, 0.1) is 0 Å². The largest absolute Gasteiger partial charge is 0.371 e. The van der Waals surface area contributed by atoms with Gasteiger partial charge in [-0.25, -0.2) is 0 Å². The maximum atomic E-state index is 6.17. The van der Waals surface area contributed by atoms with Gasteiger partial charge in [0.1, 0.15) is 6.10 Å². The van der Waals surface area contributed by atoms with E-state index in [4.69, 9.17) is 4.74 Å². The van der Waals surface area contributed by atoms with Crippen molar-refractivity contribution in [2.24, 2.45) is 0 Å². The lowest BCUT2D eigenvalue weighted by Crippen LogP contribution is -2.40. The third kappa shape index (κ3) is 2.82. The Morgan fingerprint density at radius 1 is 1.25 bits per heavy atom. The first kappa shape index (κ1) is 13.8. The zero-order valence-electron chi connectivity index (χ0n) is 12.4. The summed E-state index contributed by atoms with van der Waals surface area (Å²) in [6.07, 6.45) is 8.78. The van der Waals surface area contributed by atoms with E-state index in [0.717, 1.165) is 19.6 Å². The highest BCUT2D eigenvalue weighted by Gasteiger charge is 2.30. The van der Waals surface area contributed by atoms with Gasteiger partial charge in [0.25, 0.3) is 0 Å². The number of rotatable bonds is 4. The zero-order chi connectivity index (χ0) is 13.8. The lowest BCUT2D eigenvalue weighted by Gasteiger charge is -2.35. The van der Waals surface area contributed by atoms with Gasteiger partial charge in [0.15, 0.2) is 0 Å². The van der Waals surface area contributed by atoms with Crippen LogP contribution in [0.2, 0.25) is 0 Å². The molecule has 0 bridgehead atoms. The van der Waals surface area contributed by atoms with Crippen LogP contribution < -0.4 is 5.32 Å². The van der Waals surface area contributed by atoms with E-state index in [2.05, 4.69) is 42.6 Å². The van der Waals surface area contributed by atoms with Gasteiger partial charge in [0, 0.05) is 0 Å². The number of allylic oxidation sites excluding steroid dienone is 1. The zero-order valence-corrected chi connectivity index (χ0v) is 12.4. The molecule has 1 aromatic carbocycles. The molecule has 0 amide bonds. The molecule has 1 N–H and O–H groups in total. The average Bonchev–Trinajstić information content (AvgIpc) is 2.53. The summed E-state index contributed by atoms with van der Waals surface area (Å²) in [6, 6.07) is 9.12. The molecule has 0 radical (unpaired) electrons. The summed E-state index contributed by atoms with van der Waals surface area (Å²) in [6.45, 7) is 4.02. The van der Waals surface area contributed by atoms with Crippen molar-refractivity contribution in [2.75, 3.05) is 13.2 Å². The standard InChI is InChI=1S/C18H25NO/c1-2-19-17(15-9-4-3-5-10-15)18-16-11-7-6-8-14(16)12-13-20-18/h6-9,11,17-19H,2-5,10,12-13H2,1H3. The molecule has 2 unspecified atom stereocenters. The molecule has 1 aromatic rings. The molecule has 0 spiro atoms. The van der Waals surface area contributed by atoms with Gasteiger partial charge >= 0.3 is 0 Å². The topological polar surface area (TPSA) is 21.3 Å². The van der Waals surface area contributed by atoms with E-state index in [0.29, 0.717) is 6.04 Å². The van der Waals surface area contributed by atoms with Gasteiger partial charge in [-0.15, -0.1) is 0 Å². The van der Waals surface area contributed by atoms with Crippen LogP contribution >= 0.6 is 0 Å². The van der Waals surface area contributed by atoms with E-state index in [1.807, 2.05) is 0 Å². The minimum Gasteiger partial charge on any atom is -0.371 e. The summed E-state index contributed by atoms with van der Waals surface area (Å²) < 4.78 is 6.17. The summed E-state index contributed by atoms with van der Waals surface area (Å²) in [5.74, 6) is 0. The molecule has 0 saturated carbocycles. The normalized spacial score (nSPS) is 23.9. The van der Waals surface area contributed by atoms with Gasteiger partial charge in [0.05, 0.1) is 12.6 Å². The molecule has 2 nitrogen and oxygen atoms in total. The quantitative estimate of drug-likeness (QED) is 0.842. The van der Waals surface area contributed by atoms with Crippen LogP contribution in [0.15, 0.2) is 35.9 Å². The summed E-state index contributed by atoms with van der Waals surface area (Å²) in [4.78, 5) is 0. The Labute approximate surface area is 122 Å². The maximum Gasteiger partial charge on any atom is 0.102 e. The summed E-state index contributed by atoms with van der Waals surface area (Å²) in [7, 11) is 0. The number of hydrogen-bond donors (Lipinski definition) is 1. The van der Waals surface area contributed by atoms with Crippen molar-refractivity contribution in [1.29, 1.82) is 0 Å². The molecule has 2 aliphatic rings. The molecule has 3 rings (SSSR count). The monoisotopic (exact) mass is 271 g/mol. The number of ether oxygens (including phenoxy) is 1. The third-order valence-electron chi connectivity index (χ3n) is 4.48. The van der Waals surface area contributed by atoms with Crippen molar-refractivity contribution in [3.8, 4) is 0 Å². The molecule has 20 heavy (non-hydrogen) atoms. The minimum absolute atomic E-state index is 0.184. The number of benzene rings is 1. The molecule has 1 aliphatic carbocycles. The van der Waals surface area contributed by atoms with Crippen LogP contribution in [0.25, 0.3) is 0 Å². The van der Waals surface area contributed by atoms with Gasteiger partial charge in [-0.2, -0.15) is 0 Å². The SMILES string of the molecule is CCNC(C1=CCCCC1)C1OCCc2ccccc21. The minimum atomic E-state index is 0.184. The second-order valence-corrected chi connectivity index (χ2v) is 5.80. The Kier molecular flexibility index (Phi) is 4.54. The molecule has 1 heterocycles. The van der Waals surface area contributed by atoms with E-state index in [9.17, 15) is 0 Å². The highest BCUT2D eigenvalue weighted by molar-refractivity contribution is 5.34. The van der Waals surface area contributed by atoms with E-state index in [1.54, 1.807) is 5.57 Å². The second-order valence-electron chi connectivity index (χ2n) is 5.80. The number of nitrogens with one attached hydrogen (secondary N) is 1. The van der Waals surface area contributed by atoms with Crippen LogP contribution in [0.1, 0.15) is 49.8 Å². The molecule has 108 valence electrons. The lowest BCUT2D eigenvalue weighted by atomic mass is 9.85. The van der Waals surface area contributed by atoms with E-state index in [1.165, 1.54) is 36.8 Å². The first-order chi connectivity index (χ1) is 9.90. The molecule has 2 heteroatoms. The average molecular weight is 271 g/mol. The predicted molar refractivity (Wildman–Crippen MR) is 82.9 cm³/mol. The molecule has 0 fully saturated rings. The van der Waals surface area contributed by atoms with Crippen LogP contribution in [-0.4, -0.2) is 19.2 Å². The van der Waals surface area contributed by atoms with Gasteiger partial charge in [-0.05, 0) is 49.8 Å². The van der Waals surface area contributed by atoms with Gasteiger partial charge < -0.3 is 10.1 Å². The highest BCUT2D eigenvalue weighted by atomic mass is 16.5. The Morgan fingerprint density at radius 2 is 2.15 bits per heavy atom.